The number of nitrogens with zero attached hydrogens (tertiary/aromatic N) is 1. The minimum atomic E-state index is -0.969. The Kier molecular flexibility index (Phi) is 4.07. The summed E-state index contributed by atoms with van der Waals surface area (Å²) in [4.78, 5) is 25.5. The maximum absolute atomic E-state index is 13.4. The Morgan fingerprint density at radius 1 is 1.25 bits per heavy atom. The summed E-state index contributed by atoms with van der Waals surface area (Å²) >= 11 is 0. The van der Waals surface area contributed by atoms with Gasteiger partial charge in [0.25, 0.3) is 0 Å². The van der Waals surface area contributed by atoms with Gasteiger partial charge in [-0.3, -0.25) is 9.59 Å². The molecular weight excluding hydrogens is 320 g/mol. The highest BCUT2D eigenvalue weighted by molar-refractivity contribution is 5.91. The van der Waals surface area contributed by atoms with E-state index in [1.807, 2.05) is 0 Å². The molecule has 7 heteroatoms. The van der Waals surface area contributed by atoms with Crippen LogP contribution in [0.15, 0.2) is 18.2 Å². The zero-order chi connectivity index (χ0) is 17.6. The highest BCUT2D eigenvalue weighted by atomic mass is 19.2. The number of hydrogen-bond acceptors (Lipinski definition) is 3. The van der Waals surface area contributed by atoms with Gasteiger partial charge < -0.3 is 14.7 Å². The second-order valence-corrected chi connectivity index (χ2v) is 6.93. The highest BCUT2D eigenvalue weighted by Crippen LogP contribution is 2.59. The van der Waals surface area contributed by atoms with Crippen molar-refractivity contribution in [3.63, 3.8) is 0 Å². The van der Waals surface area contributed by atoms with Crippen molar-refractivity contribution in [1.29, 1.82) is 0 Å². The van der Waals surface area contributed by atoms with E-state index in [0.29, 0.717) is 12.1 Å². The van der Waals surface area contributed by atoms with E-state index in [1.54, 1.807) is 18.7 Å². The topological polar surface area (TPSA) is 66.8 Å². The first-order valence-corrected chi connectivity index (χ1v) is 7.81. The number of morpholine rings is 1. The largest absolute Gasteiger partial charge is 0.481 e. The maximum Gasteiger partial charge on any atom is 0.307 e. The van der Waals surface area contributed by atoms with Crippen molar-refractivity contribution in [1.82, 2.24) is 4.90 Å². The molecule has 3 atom stereocenters. The number of hydrogen-bond donors (Lipinski definition) is 1. The lowest BCUT2D eigenvalue weighted by Gasteiger charge is -2.33. The second-order valence-electron chi connectivity index (χ2n) is 6.93. The Hall–Kier alpha value is -2.02. The molecule has 130 valence electrons. The predicted octanol–water partition coefficient (Wildman–Crippen LogP) is 2.22. The number of carboxylic acid groups (broad SMARTS) is 1. The van der Waals surface area contributed by atoms with Crippen molar-refractivity contribution in [2.75, 3.05) is 19.7 Å². The van der Waals surface area contributed by atoms with E-state index in [9.17, 15) is 23.5 Å². The molecule has 1 amide bonds. The van der Waals surface area contributed by atoms with Crippen molar-refractivity contribution < 1.29 is 28.2 Å². The molecule has 1 saturated heterocycles. The summed E-state index contributed by atoms with van der Waals surface area (Å²) in [5.74, 6) is -4.33. The molecule has 0 radical (unpaired) electrons. The molecule has 1 aliphatic carbocycles. The van der Waals surface area contributed by atoms with Gasteiger partial charge in [-0.05, 0) is 23.1 Å². The average Bonchev–Trinajstić information content (AvgIpc) is 3.12. The molecule has 1 N–H and O–H groups in total. The van der Waals surface area contributed by atoms with Crippen LogP contribution < -0.4 is 0 Å². The molecule has 0 bridgehead atoms. The zero-order valence-corrected chi connectivity index (χ0v) is 13.5. The molecule has 0 spiro atoms. The molecular formula is C17H19F2NO4. The van der Waals surface area contributed by atoms with E-state index in [1.165, 1.54) is 6.07 Å². The first-order valence-electron chi connectivity index (χ1n) is 7.81. The normalized spacial score (nSPS) is 28.5. The average molecular weight is 339 g/mol. The van der Waals surface area contributed by atoms with Crippen LogP contribution in [0.2, 0.25) is 0 Å². The summed E-state index contributed by atoms with van der Waals surface area (Å²) in [6.45, 7) is 4.35. The lowest BCUT2D eigenvalue weighted by Crippen LogP contribution is -2.43. The molecule has 1 heterocycles. The zero-order valence-electron chi connectivity index (χ0n) is 13.5. The molecule has 5 nitrogen and oxygen atoms in total. The van der Waals surface area contributed by atoms with Crippen LogP contribution in [0, 0.1) is 28.9 Å². The molecule has 1 aromatic carbocycles. The number of rotatable bonds is 3. The molecule has 1 aliphatic heterocycles. The maximum atomic E-state index is 13.4. The van der Waals surface area contributed by atoms with Crippen LogP contribution in [0.5, 0.6) is 0 Å². The number of ether oxygens (including phenoxy) is 1. The predicted molar refractivity (Wildman–Crippen MR) is 80.0 cm³/mol. The minimum Gasteiger partial charge on any atom is -0.481 e. The van der Waals surface area contributed by atoms with Gasteiger partial charge in [0.2, 0.25) is 5.91 Å². The summed E-state index contributed by atoms with van der Waals surface area (Å²) in [7, 11) is 0. The number of amides is 1. The number of aliphatic carboxylic acids is 1. The minimum absolute atomic E-state index is 0.197. The fraction of sp³-hybridized carbons (Fsp3) is 0.529. The van der Waals surface area contributed by atoms with Gasteiger partial charge in [0.15, 0.2) is 11.6 Å². The van der Waals surface area contributed by atoms with E-state index in [4.69, 9.17) is 4.74 Å². The van der Waals surface area contributed by atoms with E-state index in [0.717, 1.165) is 12.1 Å². The second kappa shape index (κ2) is 5.81. The lowest BCUT2D eigenvalue weighted by molar-refractivity contribution is -0.145. The highest BCUT2D eigenvalue weighted by Gasteiger charge is 2.66. The van der Waals surface area contributed by atoms with Crippen LogP contribution in [-0.2, 0) is 14.3 Å². The monoisotopic (exact) mass is 339 g/mol. The van der Waals surface area contributed by atoms with Gasteiger partial charge in [0.1, 0.15) is 6.10 Å². The molecule has 2 aliphatic rings. The van der Waals surface area contributed by atoms with Crippen LogP contribution in [0.3, 0.4) is 0 Å². The van der Waals surface area contributed by atoms with Crippen molar-refractivity contribution in [2.45, 2.75) is 20.0 Å². The molecule has 24 heavy (non-hydrogen) atoms. The van der Waals surface area contributed by atoms with E-state index in [-0.39, 0.29) is 19.1 Å². The smallest absolute Gasteiger partial charge is 0.307 e. The van der Waals surface area contributed by atoms with Crippen LogP contribution in [0.1, 0.15) is 25.5 Å². The van der Waals surface area contributed by atoms with Gasteiger partial charge in [-0.1, -0.05) is 19.9 Å². The van der Waals surface area contributed by atoms with Gasteiger partial charge in [-0.2, -0.15) is 0 Å². The van der Waals surface area contributed by atoms with Gasteiger partial charge in [-0.15, -0.1) is 0 Å². The number of halogens is 2. The number of carbonyl (C=O) groups is 2. The summed E-state index contributed by atoms with van der Waals surface area (Å²) in [6.07, 6.45) is -0.553. The SMILES string of the molecule is CC1(C)[C@H](C(=O)O)[C@@H]1C(=O)N1CCOC(c2ccc(F)c(F)c2)C1. The van der Waals surface area contributed by atoms with Gasteiger partial charge in [-0.25, -0.2) is 8.78 Å². The van der Waals surface area contributed by atoms with Crippen LogP contribution >= 0.6 is 0 Å². The van der Waals surface area contributed by atoms with Gasteiger partial charge >= 0.3 is 5.97 Å². The molecule has 3 rings (SSSR count). The Balaban J connectivity index is 1.73. The third-order valence-corrected chi connectivity index (χ3v) is 5.05. The van der Waals surface area contributed by atoms with Crippen LogP contribution in [-0.4, -0.2) is 41.6 Å². The number of carboxylic acids is 1. The van der Waals surface area contributed by atoms with Crippen molar-refractivity contribution in [3.05, 3.63) is 35.4 Å². The van der Waals surface area contributed by atoms with Gasteiger partial charge in [0.05, 0.1) is 25.0 Å². The molecule has 1 aromatic rings. The molecule has 2 fully saturated rings. The fourth-order valence-electron chi connectivity index (χ4n) is 3.52. The molecule has 1 unspecified atom stereocenters. The number of benzene rings is 1. The molecule has 0 aromatic heterocycles. The van der Waals surface area contributed by atoms with Gasteiger partial charge in [0, 0.05) is 6.54 Å². The summed E-state index contributed by atoms with van der Waals surface area (Å²) in [5.41, 5.74) is -0.116. The van der Waals surface area contributed by atoms with Crippen molar-refractivity contribution in [2.24, 2.45) is 17.3 Å². The Morgan fingerprint density at radius 2 is 1.96 bits per heavy atom. The fourth-order valence-corrected chi connectivity index (χ4v) is 3.52. The lowest BCUT2D eigenvalue weighted by atomic mass is 10.1. The summed E-state index contributed by atoms with van der Waals surface area (Å²) < 4.78 is 32.0. The van der Waals surface area contributed by atoms with Crippen LogP contribution in [0.25, 0.3) is 0 Å². The third-order valence-electron chi connectivity index (χ3n) is 5.05. The van der Waals surface area contributed by atoms with Crippen molar-refractivity contribution in [3.8, 4) is 0 Å². The quantitative estimate of drug-likeness (QED) is 0.917. The number of carbonyl (C=O) groups excluding carboxylic acids is 1. The Morgan fingerprint density at radius 3 is 2.54 bits per heavy atom. The van der Waals surface area contributed by atoms with E-state index in [2.05, 4.69) is 0 Å². The summed E-state index contributed by atoms with van der Waals surface area (Å²) in [6, 6.07) is 3.52. The first-order chi connectivity index (χ1) is 11.2. The van der Waals surface area contributed by atoms with Crippen molar-refractivity contribution >= 4 is 11.9 Å². The van der Waals surface area contributed by atoms with E-state index < -0.39 is 41.0 Å². The third kappa shape index (κ3) is 2.77. The standard InChI is InChI=1S/C17H19F2NO4/c1-17(2)13(14(17)16(22)23)15(21)20-5-6-24-12(8-20)9-3-4-10(18)11(19)7-9/h3-4,7,12-14H,5-6,8H2,1-2H3,(H,22,23)/t12?,13-,14+/m1/s1. The van der Waals surface area contributed by atoms with Crippen LogP contribution in [0.4, 0.5) is 8.78 Å². The molecule has 1 saturated carbocycles. The Bertz CT molecular complexity index is 691. The van der Waals surface area contributed by atoms with E-state index >= 15 is 0 Å². The first kappa shape index (κ1) is 16.8. The summed E-state index contributed by atoms with van der Waals surface area (Å²) in [5, 5.41) is 9.22. The Labute approximate surface area is 138 Å².